The average molecular weight is 404 g/mol. The Morgan fingerprint density at radius 3 is 2.37 bits per heavy atom. The molecule has 1 aliphatic carbocycles. The summed E-state index contributed by atoms with van der Waals surface area (Å²) in [5.74, 6) is 0.0202. The first kappa shape index (κ1) is 20.2. The Morgan fingerprint density at radius 1 is 1.07 bits per heavy atom. The molecule has 4 rings (SSSR count). The van der Waals surface area contributed by atoms with E-state index in [2.05, 4.69) is 19.2 Å². The predicted molar refractivity (Wildman–Crippen MR) is 122 cm³/mol. The fourth-order valence-electron chi connectivity index (χ4n) is 4.61. The molecule has 0 spiro atoms. The number of amides is 1. The Balaban J connectivity index is 1.96. The molecule has 2 aromatic carbocycles. The molecule has 5 nitrogen and oxygen atoms in total. The second-order valence-electron chi connectivity index (χ2n) is 9.25. The molecule has 1 N–H and O–H groups in total. The van der Waals surface area contributed by atoms with E-state index >= 15 is 0 Å². The molecule has 0 saturated carbocycles. The standard InChI is InChI=1S/C25H29N3O2/c1-16(29)28-21-9-7-6-8-19(21)26-20-14-25(2,3)15-22(30)23(20)24(28)17-10-12-18(13-11-17)27(4)5/h6-13,24,26H,14-15H2,1-5H3. The number of Topliss-reactive ketones (excluding diaryl/α,β-unsaturated/α-hetero) is 1. The van der Waals surface area contributed by atoms with Crippen LogP contribution in [0, 0.1) is 5.41 Å². The lowest BCUT2D eigenvalue weighted by atomic mass is 9.73. The minimum Gasteiger partial charge on any atom is -0.378 e. The maximum absolute atomic E-state index is 13.4. The van der Waals surface area contributed by atoms with E-state index in [4.69, 9.17) is 0 Å². The fourth-order valence-corrected chi connectivity index (χ4v) is 4.61. The van der Waals surface area contributed by atoms with Crippen LogP contribution >= 0.6 is 0 Å². The molecule has 1 unspecified atom stereocenters. The summed E-state index contributed by atoms with van der Waals surface area (Å²) in [4.78, 5) is 30.2. The van der Waals surface area contributed by atoms with Crippen molar-refractivity contribution in [2.45, 2.75) is 39.7 Å². The van der Waals surface area contributed by atoms with Gasteiger partial charge in [-0.15, -0.1) is 0 Å². The molecule has 5 heteroatoms. The van der Waals surface area contributed by atoms with Crippen LogP contribution in [0.3, 0.4) is 0 Å². The Bertz CT molecular complexity index is 1030. The number of anilines is 3. The number of carbonyl (C=O) groups excluding carboxylic acids is 2. The number of fused-ring (bicyclic) bond motifs is 1. The lowest BCUT2D eigenvalue weighted by molar-refractivity contribution is -0.118. The first-order valence-corrected chi connectivity index (χ1v) is 10.4. The summed E-state index contributed by atoms with van der Waals surface area (Å²) >= 11 is 0. The number of benzene rings is 2. The van der Waals surface area contributed by atoms with E-state index in [9.17, 15) is 9.59 Å². The van der Waals surface area contributed by atoms with Crippen molar-refractivity contribution in [2.75, 3.05) is 29.2 Å². The van der Waals surface area contributed by atoms with Gasteiger partial charge in [0.25, 0.3) is 0 Å². The summed E-state index contributed by atoms with van der Waals surface area (Å²) in [5, 5.41) is 3.52. The van der Waals surface area contributed by atoms with E-state index in [1.54, 1.807) is 11.8 Å². The third-order valence-corrected chi connectivity index (χ3v) is 5.97. The fraction of sp³-hybridized carbons (Fsp3) is 0.360. The highest BCUT2D eigenvalue weighted by atomic mass is 16.2. The summed E-state index contributed by atoms with van der Waals surface area (Å²) in [6.07, 6.45) is 1.24. The van der Waals surface area contributed by atoms with E-state index in [1.165, 1.54) is 0 Å². The van der Waals surface area contributed by atoms with Gasteiger partial charge >= 0.3 is 0 Å². The first-order chi connectivity index (χ1) is 14.2. The monoisotopic (exact) mass is 403 g/mol. The van der Waals surface area contributed by atoms with Crippen LogP contribution < -0.4 is 15.1 Å². The van der Waals surface area contributed by atoms with Gasteiger partial charge in [-0.3, -0.25) is 14.5 Å². The Hall–Kier alpha value is -3.08. The number of hydrogen-bond acceptors (Lipinski definition) is 4. The van der Waals surface area contributed by atoms with Crippen molar-refractivity contribution < 1.29 is 9.59 Å². The van der Waals surface area contributed by atoms with Gasteiger partial charge in [-0.1, -0.05) is 38.1 Å². The first-order valence-electron chi connectivity index (χ1n) is 10.4. The lowest BCUT2D eigenvalue weighted by Gasteiger charge is -2.37. The van der Waals surface area contributed by atoms with Crippen molar-refractivity contribution in [3.63, 3.8) is 0 Å². The van der Waals surface area contributed by atoms with E-state index in [-0.39, 0.29) is 17.1 Å². The largest absolute Gasteiger partial charge is 0.378 e. The molecule has 1 heterocycles. The van der Waals surface area contributed by atoms with Crippen molar-refractivity contribution in [3.05, 3.63) is 65.4 Å². The predicted octanol–water partition coefficient (Wildman–Crippen LogP) is 4.92. The van der Waals surface area contributed by atoms with Gasteiger partial charge in [0.05, 0.1) is 17.4 Å². The average Bonchev–Trinajstić information content (AvgIpc) is 2.81. The van der Waals surface area contributed by atoms with Crippen LogP contribution in [0.1, 0.15) is 45.2 Å². The molecule has 2 aliphatic rings. The summed E-state index contributed by atoms with van der Waals surface area (Å²) in [6.45, 7) is 5.81. The molecule has 0 saturated heterocycles. The zero-order chi connectivity index (χ0) is 21.6. The van der Waals surface area contributed by atoms with Crippen LogP contribution in [0.15, 0.2) is 59.8 Å². The number of nitrogens with one attached hydrogen (secondary N) is 1. The van der Waals surface area contributed by atoms with Crippen molar-refractivity contribution in [2.24, 2.45) is 5.41 Å². The highest BCUT2D eigenvalue weighted by Gasteiger charge is 2.42. The maximum Gasteiger partial charge on any atom is 0.224 e. The Kier molecular flexibility index (Phi) is 4.92. The van der Waals surface area contributed by atoms with Crippen LogP contribution in [0.5, 0.6) is 0 Å². The highest BCUT2D eigenvalue weighted by molar-refractivity contribution is 6.05. The van der Waals surface area contributed by atoms with E-state index in [1.807, 2.05) is 67.5 Å². The van der Waals surface area contributed by atoms with Gasteiger partial charge in [-0.05, 0) is 41.7 Å². The third-order valence-electron chi connectivity index (χ3n) is 5.97. The molecule has 156 valence electrons. The van der Waals surface area contributed by atoms with Crippen LogP contribution in [0.25, 0.3) is 0 Å². The van der Waals surface area contributed by atoms with Gasteiger partial charge in [0.2, 0.25) is 5.91 Å². The summed E-state index contributed by atoms with van der Waals surface area (Å²) < 4.78 is 0. The molecule has 0 aromatic heterocycles. The topological polar surface area (TPSA) is 52.7 Å². The molecule has 30 heavy (non-hydrogen) atoms. The number of nitrogens with zero attached hydrogens (tertiary/aromatic N) is 2. The van der Waals surface area contributed by atoms with Gasteiger partial charge in [0, 0.05) is 44.4 Å². The van der Waals surface area contributed by atoms with Gasteiger partial charge in [0.15, 0.2) is 5.78 Å². The van der Waals surface area contributed by atoms with Crippen LogP contribution in [0.2, 0.25) is 0 Å². The normalized spacial score (nSPS) is 20.1. The molecule has 0 bridgehead atoms. The van der Waals surface area contributed by atoms with E-state index in [0.717, 1.165) is 34.7 Å². The number of carbonyl (C=O) groups is 2. The van der Waals surface area contributed by atoms with Crippen LogP contribution in [-0.4, -0.2) is 25.8 Å². The molecule has 1 amide bonds. The van der Waals surface area contributed by atoms with Gasteiger partial charge < -0.3 is 10.2 Å². The SMILES string of the molecule is CC(=O)N1c2ccccc2NC2=C(C(=O)CC(C)(C)C2)C1c1ccc(N(C)C)cc1. The summed E-state index contributed by atoms with van der Waals surface area (Å²) in [6, 6.07) is 15.5. The van der Waals surface area contributed by atoms with E-state index < -0.39 is 6.04 Å². The molecule has 1 aliphatic heterocycles. The quantitative estimate of drug-likeness (QED) is 0.774. The van der Waals surface area contributed by atoms with Crippen LogP contribution in [-0.2, 0) is 9.59 Å². The van der Waals surface area contributed by atoms with E-state index in [0.29, 0.717) is 12.0 Å². The van der Waals surface area contributed by atoms with Crippen molar-refractivity contribution in [3.8, 4) is 0 Å². The van der Waals surface area contributed by atoms with Crippen LogP contribution in [0.4, 0.5) is 17.1 Å². The minimum absolute atomic E-state index is 0.0858. The molecule has 0 fully saturated rings. The van der Waals surface area contributed by atoms with Crippen molar-refractivity contribution >= 4 is 28.8 Å². The third kappa shape index (κ3) is 3.49. The van der Waals surface area contributed by atoms with Crippen molar-refractivity contribution in [1.29, 1.82) is 0 Å². The summed E-state index contributed by atoms with van der Waals surface area (Å²) in [5.41, 5.74) is 5.18. The smallest absolute Gasteiger partial charge is 0.224 e. The molecule has 0 radical (unpaired) electrons. The molecule has 2 aromatic rings. The van der Waals surface area contributed by atoms with Gasteiger partial charge in [0.1, 0.15) is 0 Å². The zero-order valence-corrected chi connectivity index (χ0v) is 18.3. The minimum atomic E-state index is -0.450. The molecule has 1 atom stereocenters. The number of para-hydroxylation sites is 2. The highest BCUT2D eigenvalue weighted by Crippen LogP contribution is 2.48. The van der Waals surface area contributed by atoms with Gasteiger partial charge in [-0.2, -0.15) is 0 Å². The second-order valence-corrected chi connectivity index (χ2v) is 9.25. The second kappa shape index (κ2) is 7.31. The zero-order valence-electron chi connectivity index (χ0n) is 18.3. The molecular formula is C25H29N3O2. The molecular weight excluding hydrogens is 374 g/mol. The van der Waals surface area contributed by atoms with Gasteiger partial charge in [-0.25, -0.2) is 0 Å². The summed E-state index contributed by atoms with van der Waals surface area (Å²) in [7, 11) is 3.99. The number of ketones is 1. The number of rotatable bonds is 2. The number of hydrogen-bond donors (Lipinski definition) is 1. The Labute approximate surface area is 178 Å². The number of allylic oxidation sites excluding steroid dienone is 1. The Morgan fingerprint density at radius 2 is 1.73 bits per heavy atom. The maximum atomic E-state index is 13.4. The lowest BCUT2D eigenvalue weighted by Crippen LogP contribution is -2.38. The van der Waals surface area contributed by atoms with Crippen molar-refractivity contribution in [1.82, 2.24) is 0 Å².